The van der Waals surface area contributed by atoms with Crippen molar-refractivity contribution in [2.24, 2.45) is 0 Å². The van der Waals surface area contributed by atoms with Crippen LogP contribution >= 0.6 is 0 Å². The number of aromatic amines is 2. The summed E-state index contributed by atoms with van der Waals surface area (Å²) in [5.41, 5.74) is 3.68. The fourth-order valence-electron chi connectivity index (χ4n) is 1.73. The molecule has 0 saturated carbocycles. The normalized spacial score (nSPS) is 10.6. The summed E-state index contributed by atoms with van der Waals surface area (Å²) in [5.74, 6) is -0.807. The van der Waals surface area contributed by atoms with Crippen LogP contribution in [-0.2, 0) is 11.2 Å². The number of carboxylic acid groups (broad SMARTS) is 1. The molecule has 0 aromatic carbocycles. The zero-order valence-corrected chi connectivity index (χ0v) is 8.95. The highest BCUT2D eigenvalue weighted by Gasteiger charge is 2.13. The van der Waals surface area contributed by atoms with Crippen LogP contribution in [0.5, 0.6) is 0 Å². The number of carboxylic acids is 1. The maximum absolute atomic E-state index is 10.5. The molecule has 0 unspecified atom stereocenters. The van der Waals surface area contributed by atoms with Crippen LogP contribution in [0.1, 0.15) is 17.8 Å². The van der Waals surface area contributed by atoms with Crippen LogP contribution in [0.25, 0.3) is 11.3 Å². The van der Waals surface area contributed by atoms with Crippen molar-refractivity contribution in [3.05, 3.63) is 29.7 Å². The topological polar surface area (TPSA) is 81.8 Å². The molecule has 0 spiro atoms. The van der Waals surface area contributed by atoms with E-state index in [-0.39, 0.29) is 6.42 Å². The van der Waals surface area contributed by atoms with Crippen LogP contribution in [0.2, 0.25) is 0 Å². The number of aromatic nitrogens is 3. The van der Waals surface area contributed by atoms with Gasteiger partial charge in [-0.05, 0) is 19.1 Å². The Bertz CT molecular complexity index is 485. The van der Waals surface area contributed by atoms with Gasteiger partial charge in [0.2, 0.25) is 0 Å². The Labute approximate surface area is 92.5 Å². The van der Waals surface area contributed by atoms with E-state index in [1.54, 1.807) is 0 Å². The first-order valence-electron chi connectivity index (χ1n) is 5.08. The molecule has 2 aromatic heterocycles. The number of rotatable bonds is 4. The second-order valence-electron chi connectivity index (χ2n) is 3.65. The number of hydrogen-bond donors (Lipinski definition) is 3. The first kappa shape index (κ1) is 10.5. The van der Waals surface area contributed by atoms with Gasteiger partial charge in [0.25, 0.3) is 0 Å². The number of aryl methyl sites for hydroxylation is 2. The number of H-pyrrole nitrogens is 2. The largest absolute Gasteiger partial charge is 0.481 e. The van der Waals surface area contributed by atoms with Gasteiger partial charge in [-0.1, -0.05) is 0 Å². The lowest BCUT2D eigenvalue weighted by molar-refractivity contribution is -0.136. The van der Waals surface area contributed by atoms with Gasteiger partial charge in [0, 0.05) is 29.6 Å². The summed E-state index contributed by atoms with van der Waals surface area (Å²) in [6.45, 7) is 1.92. The molecule has 16 heavy (non-hydrogen) atoms. The Morgan fingerprint density at radius 3 is 3.00 bits per heavy atom. The zero-order valence-electron chi connectivity index (χ0n) is 8.95. The van der Waals surface area contributed by atoms with Crippen molar-refractivity contribution in [3.8, 4) is 11.3 Å². The van der Waals surface area contributed by atoms with Crippen molar-refractivity contribution in [2.45, 2.75) is 19.8 Å². The summed E-state index contributed by atoms with van der Waals surface area (Å²) in [7, 11) is 0. The quantitative estimate of drug-likeness (QED) is 0.732. The SMILES string of the molecule is Cc1[nH]nc(CCC(=O)O)c1-c1ccc[nH]1. The lowest BCUT2D eigenvalue weighted by atomic mass is 10.1. The molecule has 0 radical (unpaired) electrons. The molecule has 5 nitrogen and oxygen atoms in total. The predicted octanol–water partition coefficient (Wildman–Crippen LogP) is 1.73. The van der Waals surface area contributed by atoms with Gasteiger partial charge in [-0.2, -0.15) is 5.10 Å². The average molecular weight is 219 g/mol. The van der Waals surface area contributed by atoms with Crippen LogP contribution in [0.4, 0.5) is 0 Å². The van der Waals surface area contributed by atoms with E-state index in [9.17, 15) is 4.79 Å². The van der Waals surface area contributed by atoms with Gasteiger partial charge in [-0.3, -0.25) is 9.89 Å². The molecule has 84 valence electrons. The highest BCUT2D eigenvalue weighted by molar-refractivity contribution is 5.69. The minimum absolute atomic E-state index is 0.0952. The first-order chi connectivity index (χ1) is 7.68. The second kappa shape index (κ2) is 4.22. The lowest BCUT2D eigenvalue weighted by Gasteiger charge is -2.00. The standard InChI is InChI=1S/C11H13N3O2/c1-7-11(8-3-2-6-12-8)9(14-13-7)4-5-10(15)16/h2-3,6,12H,4-5H2,1H3,(H,13,14)(H,15,16). The van der Waals surface area contributed by atoms with Crippen molar-refractivity contribution in [1.29, 1.82) is 0 Å². The van der Waals surface area contributed by atoms with E-state index in [4.69, 9.17) is 5.11 Å². The van der Waals surface area contributed by atoms with E-state index in [0.717, 1.165) is 22.6 Å². The van der Waals surface area contributed by atoms with Gasteiger partial charge < -0.3 is 10.1 Å². The summed E-state index contributed by atoms with van der Waals surface area (Å²) in [4.78, 5) is 13.6. The summed E-state index contributed by atoms with van der Waals surface area (Å²) in [5, 5.41) is 15.7. The maximum atomic E-state index is 10.5. The summed E-state index contributed by atoms with van der Waals surface area (Å²) < 4.78 is 0. The van der Waals surface area contributed by atoms with Crippen molar-refractivity contribution in [1.82, 2.24) is 15.2 Å². The second-order valence-corrected chi connectivity index (χ2v) is 3.65. The Morgan fingerprint density at radius 2 is 2.38 bits per heavy atom. The van der Waals surface area contributed by atoms with Crippen molar-refractivity contribution in [3.63, 3.8) is 0 Å². The Hall–Kier alpha value is -2.04. The third kappa shape index (κ3) is 1.98. The molecule has 2 aromatic rings. The number of aliphatic carboxylic acids is 1. The Morgan fingerprint density at radius 1 is 1.56 bits per heavy atom. The van der Waals surface area contributed by atoms with E-state index >= 15 is 0 Å². The van der Waals surface area contributed by atoms with Crippen LogP contribution in [0, 0.1) is 6.92 Å². The van der Waals surface area contributed by atoms with Crippen LogP contribution in [0.3, 0.4) is 0 Å². The van der Waals surface area contributed by atoms with Crippen LogP contribution < -0.4 is 0 Å². The number of hydrogen-bond acceptors (Lipinski definition) is 2. The number of nitrogens with zero attached hydrogens (tertiary/aromatic N) is 1. The van der Waals surface area contributed by atoms with Gasteiger partial charge in [-0.25, -0.2) is 0 Å². The fourth-order valence-corrected chi connectivity index (χ4v) is 1.73. The molecule has 0 aliphatic heterocycles. The predicted molar refractivity (Wildman–Crippen MR) is 59.1 cm³/mol. The molecular formula is C11H13N3O2. The van der Waals surface area contributed by atoms with Crippen LogP contribution in [0.15, 0.2) is 18.3 Å². The number of carbonyl (C=O) groups is 1. The maximum Gasteiger partial charge on any atom is 0.303 e. The van der Waals surface area contributed by atoms with Gasteiger partial charge in [0.05, 0.1) is 12.1 Å². The third-order valence-electron chi connectivity index (χ3n) is 2.47. The van der Waals surface area contributed by atoms with Crippen molar-refractivity contribution in [2.75, 3.05) is 0 Å². The molecule has 0 aliphatic rings. The smallest absolute Gasteiger partial charge is 0.303 e. The molecule has 2 rings (SSSR count). The summed E-state index contributed by atoms with van der Waals surface area (Å²) in [6.07, 6.45) is 2.37. The molecule has 0 aliphatic carbocycles. The summed E-state index contributed by atoms with van der Waals surface area (Å²) in [6, 6.07) is 3.85. The van der Waals surface area contributed by atoms with E-state index < -0.39 is 5.97 Å². The third-order valence-corrected chi connectivity index (χ3v) is 2.47. The van der Waals surface area contributed by atoms with E-state index in [0.29, 0.717) is 6.42 Å². The van der Waals surface area contributed by atoms with Crippen molar-refractivity contribution >= 4 is 5.97 Å². The molecule has 2 heterocycles. The minimum atomic E-state index is -0.807. The molecule has 3 N–H and O–H groups in total. The van der Waals surface area contributed by atoms with Gasteiger partial charge in [-0.15, -0.1) is 0 Å². The van der Waals surface area contributed by atoms with Gasteiger partial charge >= 0.3 is 5.97 Å². The van der Waals surface area contributed by atoms with Gasteiger partial charge in [0.15, 0.2) is 0 Å². The molecule has 0 atom stereocenters. The van der Waals surface area contributed by atoms with Gasteiger partial charge in [0.1, 0.15) is 0 Å². The van der Waals surface area contributed by atoms with E-state index in [2.05, 4.69) is 15.2 Å². The molecule has 0 saturated heterocycles. The number of nitrogens with one attached hydrogen (secondary N) is 2. The first-order valence-corrected chi connectivity index (χ1v) is 5.08. The Balaban J connectivity index is 2.29. The van der Waals surface area contributed by atoms with E-state index in [1.165, 1.54) is 0 Å². The molecular weight excluding hydrogens is 206 g/mol. The molecule has 0 bridgehead atoms. The monoisotopic (exact) mass is 219 g/mol. The molecule has 5 heteroatoms. The van der Waals surface area contributed by atoms with Crippen LogP contribution in [-0.4, -0.2) is 26.3 Å². The lowest BCUT2D eigenvalue weighted by Crippen LogP contribution is -1.99. The zero-order chi connectivity index (χ0) is 11.5. The minimum Gasteiger partial charge on any atom is -0.481 e. The van der Waals surface area contributed by atoms with E-state index in [1.807, 2.05) is 25.3 Å². The Kier molecular flexibility index (Phi) is 2.76. The highest BCUT2D eigenvalue weighted by Crippen LogP contribution is 2.24. The molecule has 0 fully saturated rings. The van der Waals surface area contributed by atoms with Crippen molar-refractivity contribution < 1.29 is 9.90 Å². The fraction of sp³-hybridized carbons (Fsp3) is 0.273. The summed E-state index contributed by atoms with van der Waals surface area (Å²) >= 11 is 0. The average Bonchev–Trinajstić information content (AvgIpc) is 2.83. The highest BCUT2D eigenvalue weighted by atomic mass is 16.4. The molecule has 0 amide bonds.